The van der Waals surface area contributed by atoms with E-state index >= 15 is 0 Å². The molecular weight excluding hydrogens is 252 g/mol. The molecule has 0 spiro atoms. The summed E-state index contributed by atoms with van der Waals surface area (Å²) < 4.78 is 11.3. The Morgan fingerprint density at radius 3 is 2.55 bits per heavy atom. The van der Waals surface area contributed by atoms with E-state index < -0.39 is 5.60 Å². The van der Waals surface area contributed by atoms with Crippen LogP contribution in [0.1, 0.15) is 49.9 Å². The molecule has 0 aromatic heterocycles. The van der Waals surface area contributed by atoms with Crippen LogP contribution in [0.5, 0.6) is 5.75 Å². The maximum Gasteiger partial charge on any atom is 0.198 e. The number of rotatable bonds is 5. The van der Waals surface area contributed by atoms with Crippen molar-refractivity contribution in [3.63, 3.8) is 0 Å². The van der Waals surface area contributed by atoms with Gasteiger partial charge in [0.15, 0.2) is 5.78 Å². The third kappa shape index (κ3) is 2.88. The molecule has 0 saturated heterocycles. The average molecular weight is 276 g/mol. The normalized spacial score (nSPS) is 26.2. The Bertz CT molecular complexity index is 459. The van der Waals surface area contributed by atoms with Gasteiger partial charge in [-0.3, -0.25) is 4.79 Å². The molecule has 1 aliphatic carbocycles. The molecule has 3 nitrogen and oxygen atoms in total. The first-order valence-corrected chi connectivity index (χ1v) is 7.44. The molecule has 0 aliphatic heterocycles. The molecule has 20 heavy (non-hydrogen) atoms. The van der Waals surface area contributed by atoms with E-state index in [0.717, 1.165) is 25.7 Å². The first-order chi connectivity index (χ1) is 9.63. The summed E-state index contributed by atoms with van der Waals surface area (Å²) >= 11 is 0. The Labute approximate surface area is 121 Å². The maximum atomic E-state index is 13.0. The van der Waals surface area contributed by atoms with Gasteiger partial charge >= 0.3 is 0 Å². The monoisotopic (exact) mass is 276 g/mol. The highest BCUT2D eigenvalue weighted by molar-refractivity contribution is 6.04. The van der Waals surface area contributed by atoms with E-state index in [1.807, 2.05) is 31.2 Å². The lowest BCUT2D eigenvalue weighted by atomic mass is 9.75. The average Bonchev–Trinajstić information content (AvgIpc) is 2.49. The predicted molar refractivity (Wildman–Crippen MR) is 79.3 cm³/mol. The van der Waals surface area contributed by atoms with E-state index in [2.05, 4.69) is 6.92 Å². The van der Waals surface area contributed by atoms with Crippen LogP contribution in [-0.2, 0) is 4.74 Å². The summed E-state index contributed by atoms with van der Waals surface area (Å²) in [5.74, 6) is 1.40. The van der Waals surface area contributed by atoms with Gasteiger partial charge in [-0.25, -0.2) is 0 Å². The van der Waals surface area contributed by atoms with E-state index in [9.17, 15) is 4.79 Å². The minimum atomic E-state index is -0.667. The van der Waals surface area contributed by atoms with Gasteiger partial charge in [0.2, 0.25) is 0 Å². The molecule has 0 unspecified atom stereocenters. The number of hydrogen-bond donors (Lipinski definition) is 0. The Hall–Kier alpha value is -1.35. The van der Waals surface area contributed by atoms with E-state index in [-0.39, 0.29) is 5.78 Å². The molecule has 0 amide bonds. The van der Waals surface area contributed by atoms with Gasteiger partial charge in [-0.15, -0.1) is 0 Å². The third-order valence-corrected chi connectivity index (χ3v) is 4.32. The fourth-order valence-corrected chi connectivity index (χ4v) is 2.93. The second-order valence-electron chi connectivity index (χ2n) is 5.64. The smallest absolute Gasteiger partial charge is 0.198 e. The highest BCUT2D eigenvalue weighted by Crippen LogP contribution is 2.38. The first-order valence-electron chi connectivity index (χ1n) is 7.44. The van der Waals surface area contributed by atoms with Crippen LogP contribution in [0.15, 0.2) is 24.3 Å². The fourth-order valence-electron chi connectivity index (χ4n) is 2.93. The van der Waals surface area contributed by atoms with Crippen LogP contribution in [-0.4, -0.2) is 25.1 Å². The van der Waals surface area contributed by atoms with Crippen molar-refractivity contribution >= 4 is 5.78 Å². The van der Waals surface area contributed by atoms with Gasteiger partial charge in [-0.05, 0) is 50.7 Å². The molecule has 1 saturated carbocycles. The SMILES string of the molecule is CCOc1ccccc1C(=O)C1(OC)CCC(C)CC1. The van der Waals surface area contributed by atoms with Gasteiger partial charge in [0.05, 0.1) is 12.2 Å². The predicted octanol–water partition coefficient (Wildman–Crippen LogP) is 3.86. The molecule has 0 radical (unpaired) electrons. The van der Waals surface area contributed by atoms with E-state index in [1.54, 1.807) is 7.11 Å². The van der Waals surface area contributed by atoms with Crippen LogP contribution in [0.25, 0.3) is 0 Å². The number of carbonyl (C=O) groups is 1. The summed E-state index contributed by atoms with van der Waals surface area (Å²) in [7, 11) is 1.65. The van der Waals surface area contributed by atoms with E-state index in [0.29, 0.717) is 23.8 Å². The number of methoxy groups -OCH3 is 1. The number of Topliss-reactive ketones (excluding diaryl/α,β-unsaturated/α-hetero) is 1. The van der Waals surface area contributed by atoms with E-state index in [1.165, 1.54) is 0 Å². The Kier molecular flexibility index (Phi) is 4.81. The van der Waals surface area contributed by atoms with Gasteiger partial charge in [0, 0.05) is 7.11 Å². The summed E-state index contributed by atoms with van der Waals surface area (Å²) in [6.45, 7) is 4.72. The molecule has 0 heterocycles. The van der Waals surface area contributed by atoms with Crippen molar-refractivity contribution < 1.29 is 14.3 Å². The number of carbonyl (C=O) groups excluding carboxylic acids is 1. The molecule has 1 aliphatic rings. The standard InChI is InChI=1S/C17H24O3/c1-4-20-15-8-6-5-7-14(15)16(18)17(19-3)11-9-13(2)10-12-17/h5-8,13H,4,9-12H2,1-3H3. The zero-order valence-electron chi connectivity index (χ0n) is 12.6. The van der Waals surface area contributed by atoms with Crippen molar-refractivity contribution in [3.8, 4) is 5.75 Å². The van der Waals surface area contributed by atoms with Gasteiger partial charge in [0.1, 0.15) is 11.4 Å². The van der Waals surface area contributed by atoms with Crippen LogP contribution in [0.2, 0.25) is 0 Å². The summed E-state index contributed by atoms with van der Waals surface area (Å²) in [5, 5.41) is 0. The van der Waals surface area contributed by atoms with Crippen molar-refractivity contribution in [1.82, 2.24) is 0 Å². The molecular formula is C17H24O3. The number of ether oxygens (including phenoxy) is 2. The number of hydrogen-bond acceptors (Lipinski definition) is 3. The molecule has 3 heteroatoms. The second-order valence-corrected chi connectivity index (χ2v) is 5.64. The highest BCUT2D eigenvalue weighted by Gasteiger charge is 2.42. The first kappa shape index (κ1) is 15.0. The maximum absolute atomic E-state index is 13.0. The lowest BCUT2D eigenvalue weighted by molar-refractivity contribution is -0.0264. The van der Waals surface area contributed by atoms with Crippen LogP contribution < -0.4 is 4.74 Å². The van der Waals surface area contributed by atoms with Crippen molar-refractivity contribution in [2.45, 2.75) is 45.1 Å². The van der Waals surface area contributed by atoms with Crippen molar-refractivity contribution in [2.75, 3.05) is 13.7 Å². The van der Waals surface area contributed by atoms with Crippen LogP contribution in [0.3, 0.4) is 0 Å². The highest BCUT2D eigenvalue weighted by atomic mass is 16.5. The van der Waals surface area contributed by atoms with Crippen molar-refractivity contribution in [3.05, 3.63) is 29.8 Å². The molecule has 0 atom stereocenters. The van der Waals surface area contributed by atoms with Crippen molar-refractivity contribution in [2.24, 2.45) is 5.92 Å². The third-order valence-electron chi connectivity index (χ3n) is 4.32. The fraction of sp³-hybridized carbons (Fsp3) is 0.588. The zero-order chi connectivity index (χ0) is 14.6. The number of para-hydroxylation sites is 1. The van der Waals surface area contributed by atoms with Gasteiger partial charge in [0.25, 0.3) is 0 Å². The summed E-state index contributed by atoms with van der Waals surface area (Å²) in [6.07, 6.45) is 3.67. The zero-order valence-corrected chi connectivity index (χ0v) is 12.6. The number of benzene rings is 1. The lowest BCUT2D eigenvalue weighted by Gasteiger charge is -2.37. The van der Waals surface area contributed by atoms with E-state index in [4.69, 9.17) is 9.47 Å². The van der Waals surface area contributed by atoms with Crippen LogP contribution >= 0.6 is 0 Å². The summed E-state index contributed by atoms with van der Waals surface area (Å²) in [6, 6.07) is 7.46. The quantitative estimate of drug-likeness (QED) is 0.766. The minimum Gasteiger partial charge on any atom is -0.493 e. The molecule has 0 bridgehead atoms. The lowest BCUT2D eigenvalue weighted by Crippen LogP contribution is -2.44. The molecule has 1 aromatic carbocycles. The Morgan fingerprint density at radius 1 is 1.30 bits per heavy atom. The molecule has 0 N–H and O–H groups in total. The molecule has 1 aromatic rings. The number of ketones is 1. The summed E-state index contributed by atoms with van der Waals surface area (Å²) in [5.41, 5.74) is -0.0227. The summed E-state index contributed by atoms with van der Waals surface area (Å²) in [4.78, 5) is 13.0. The minimum absolute atomic E-state index is 0.0657. The van der Waals surface area contributed by atoms with Crippen LogP contribution in [0.4, 0.5) is 0 Å². The topological polar surface area (TPSA) is 35.5 Å². The van der Waals surface area contributed by atoms with Gasteiger partial charge in [-0.2, -0.15) is 0 Å². The van der Waals surface area contributed by atoms with Crippen molar-refractivity contribution in [1.29, 1.82) is 0 Å². The molecule has 1 fully saturated rings. The second kappa shape index (κ2) is 6.40. The Morgan fingerprint density at radius 2 is 1.95 bits per heavy atom. The Balaban J connectivity index is 2.29. The van der Waals surface area contributed by atoms with Gasteiger partial charge in [-0.1, -0.05) is 19.1 Å². The largest absolute Gasteiger partial charge is 0.493 e. The van der Waals surface area contributed by atoms with Crippen LogP contribution in [0, 0.1) is 5.92 Å². The van der Waals surface area contributed by atoms with Gasteiger partial charge < -0.3 is 9.47 Å². The molecule has 110 valence electrons. The molecule has 2 rings (SSSR count).